The highest BCUT2D eigenvalue weighted by atomic mass is 16.3. The van der Waals surface area contributed by atoms with E-state index in [1.807, 2.05) is 37.3 Å². The van der Waals surface area contributed by atoms with Crippen LogP contribution in [0.3, 0.4) is 0 Å². The first-order chi connectivity index (χ1) is 8.22. The molecule has 2 rings (SSSR count). The molecule has 2 N–H and O–H groups in total. The summed E-state index contributed by atoms with van der Waals surface area (Å²) in [5.74, 6) is 0.00153. The molecule has 1 aliphatic heterocycles. The molecule has 92 valence electrons. The van der Waals surface area contributed by atoms with Crippen molar-refractivity contribution in [1.29, 1.82) is 0 Å². The van der Waals surface area contributed by atoms with Crippen LogP contribution in [-0.4, -0.2) is 36.2 Å². The fourth-order valence-corrected chi connectivity index (χ4v) is 2.26. The third kappa shape index (κ3) is 2.58. The van der Waals surface area contributed by atoms with Crippen LogP contribution in [0.1, 0.15) is 13.3 Å². The van der Waals surface area contributed by atoms with E-state index in [1.54, 1.807) is 0 Å². The first-order valence-electron chi connectivity index (χ1n) is 5.95. The van der Waals surface area contributed by atoms with Gasteiger partial charge >= 0.3 is 0 Å². The maximum absolute atomic E-state index is 11.9. The van der Waals surface area contributed by atoms with Crippen molar-refractivity contribution < 1.29 is 9.90 Å². The third-order valence-corrected chi connectivity index (χ3v) is 3.03. The van der Waals surface area contributed by atoms with E-state index < -0.39 is 0 Å². The van der Waals surface area contributed by atoms with Crippen LogP contribution in [0.25, 0.3) is 0 Å². The lowest BCUT2D eigenvalue weighted by Gasteiger charge is -2.39. The van der Waals surface area contributed by atoms with Gasteiger partial charge in [-0.05, 0) is 25.5 Å². The zero-order chi connectivity index (χ0) is 12.3. The van der Waals surface area contributed by atoms with Gasteiger partial charge in [-0.2, -0.15) is 0 Å². The number of nitrogens with zero attached hydrogens (tertiary/aromatic N) is 1. The summed E-state index contributed by atoms with van der Waals surface area (Å²) >= 11 is 0. The second-order valence-corrected chi connectivity index (χ2v) is 4.43. The van der Waals surface area contributed by atoms with Gasteiger partial charge in [-0.3, -0.25) is 4.79 Å². The van der Waals surface area contributed by atoms with Gasteiger partial charge in [-0.15, -0.1) is 0 Å². The molecule has 1 fully saturated rings. The highest BCUT2D eigenvalue weighted by molar-refractivity contribution is 5.86. The number of para-hydroxylation sites is 1. The van der Waals surface area contributed by atoms with Crippen LogP contribution in [0.5, 0.6) is 0 Å². The lowest BCUT2D eigenvalue weighted by atomic mass is 10.0. The molecule has 0 aliphatic carbocycles. The summed E-state index contributed by atoms with van der Waals surface area (Å²) in [6.07, 6.45) is 0.466. The lowest BCUT2D eigenvalue weighted by Crippen LogP contribution is -2.59. The number of amides is 1. The minimum atomic E-state index is -0.265. The zero-order valence-electron chi connectivity index (χ0n) is 9.97. The van der Waals surface area contributed by atoms with Crippen molar-refractivity contribution >= 4 is 11.6 Å². The second kappa shape index (κ2) is 5.19. The normalized spacial score (nSPS) is 24.6. The van der Waals surface area contributed by atoms with Crippen LogP contribution in [0, 0.1) is 0 Å². The number of anilines is 1. The molecule has 0 aromatic heterocycles. The van der Waals surface area contributed by atoms with Crippen molar-refractivity contribution in [1.82, 2.24) is 5.32 Å². The van der Waals surface area contributed by atoms with Gasteiger partial charge in [-0.1, -0.05) is 18.2 Å². The predicted molar refractivity (Wildman–Crippen MR) is 66.9 cm³/mol. The molecular weight excluding hydrogens is 216 g/mol. The Morgan fingerprint density at radius 1 is 1.41 bits per heavy atom. The van der Waals surface area contributed by atoms with E-state index in [4.69, 9.17) is 5.11 Å². The van der Waals surface area contributed by atoms with E-state index in [0.717, 1.165) is 12.2 Å². The maximum Gasteiger partial charge on any atom is 0.243 e. The Hall–Kier alpha value is -1.55. The number of aliphatic hydroxyl groups is 1. The number of aliphatic hydroxyl groups excluding tert-OH is 1. The number of carbonyl (C=O) groups is 1. The molecule has 1 saturated heterocycles. The predicted octanol–water partition coefficient (Wildman–Crippen LogP) is 0.762. The van der Waals surface area contributed by atoms with E-state index in [2.05, 4.69) is 10.2 Å². The number of nitrogens with one attached hydrogen (secondary N) is 1. The van der Waals surface area contributed by atoms with Crippen LogP contribution >= 0.6 is 0 Å². The quantitative estimate of drug-likeness (QED) is 0.812. The van der Waals surface area contributed by atoms with Crippen molar-refractivity contribution in [3.05, 3.63) is 30.3 Å². The molecule has 17 heavy (non-hydrogen) atoms. The third-order valence-electron chi connectivity index (χ3n) is 3.03. The van der Waals surface area contributed by atoms with Crippen molar-refractivity contribution in [3.8, 4) is 0 Å². The van der Waals surface area contributed by atoms with Crippen molar-refractivity contribution in [2.75, 3.05) is 18.1 Å². The molecule has 1 aliphatic rings. The molecule has 0 spiro atoms. The minimum Gasteiger partial charge on any atom is -0.396 e. The minimum absolute atomic E-state index is 0.00153. The van der Waals surface area contributed by atoms with Crippen molar-refractivity contribution in [2.24, 2.45) is 0 Å². The molecule has 4 nitrogen and oxygen atoms in total. The van der Waals surface area contributed by atoms with Gasteiger partial charge in [0.15, 0.2) is 0 Å². The van der Waals surface area contributed by atoms with Crippen molar-refractivity contribution in [3.63, 3.8) is 0 Å². The summed E-state index contributed by atoms with van der Waals surface area (Å²) in [7, 11) is 0. The zero-order valence-corrected chi connectivity index (χ0v) is 9.97. The molecule has 2 unspecified atom stereocenters. The Kier molecular flexibility index (Phi) is 3.64. The Labute approximate surface area is 101 Å². The van der Waals surface area contributed by atoms with E-state index in [-0.39, 0.29) is 24.6 Å². The van der Waals surface area contributed by atoms with Gasteiger partial charge in [0.05, 0.1) is 0 Å². The summed E-state index contributed by atoms with van der Waals surface area (Å²) < 4.78 is 0. The monoisotopic (exact) mass is 234 g/mol. The largest absolute Gasteiger partial charge is 0.396 e. The van der Waals surface area contributed by atoms with E-state index in [9.17, 15) is 4.79 Å². The summed E-state index contributed by atoms with van der Waals surface area (Å²) in [6.45, 7) is 2.79. The van der Waals surface area contributed by atoms with E-state index in [0.29, 0.717) is 6.42 Å². The smallest absolute Gasteiger partial charge is 0.243 e. The number of carbonyl (C=O) groups excluding carboxylic acids is 1. The van der Waals surface area contributed by atoms with Crippen LogP contribution in [0.4, 0.5) is 5.69 Å². The first-order valence-corrected chi connectivity index (χ1v) is 5.95. The highest BCUT2D eigenvalue weighted by Gasteiger charge is 2.32. The van der Waals surface area contributed by atoms with Gasteiger partial charge in [0.2, 0.25) is 5.91 Å². The number of hydrogen-bond acceptors (Lipinski definition) is 3. The van der Waals surface area contributed by atoms with Gasteiger partial charge in [0, 0.05) is 24.9 Å². The molecule has 2 atom stereocenters. The van der Waals surface area contributed by atoms with Gasteiger partial charge in [0.1, 0.15) is 6.04 Å². The van der Waals surface area contributed by atoms with Crippen LogP contribution in [0.2, 0.25) is 0 Å². The van der Waals surface area contributed by atoms with E-state index in [1.165, 1.54) is 0 Å². The molecule has 1 aromatic carbocycles. The average Bonchev–Trinajstić information content (AvgIpc) is 2.33. The SMILES string of the molecule is CC1CN(c2ccccc2)C(CCO)C(=O)N1. The average molecular weight is 234 g/mol. The second-order valence-electron chi connectivity index (χ2n) is 4.43. The molecule has 0 bridgehead atoms. The summed E-state index contributed by atoms with van der Waals surface area (Å²) in [5, 5.41) is 12.0. The molecule has 1 aromatic rings. The molecule has 1 heterocycles. The molecule has 0 saturated carbocycles. The van der Waals surface area contributed by atoms with Gasteiger partial charge < -0.3 is 15.3 Å². The number of hydrogen-bond donors (Lipinski definition) is 2. The van der Waals surface area contributed by atoms with Gasteiger partial charge in [0.25, 0.3) is 0 Å². The standard InChI is InChI=1S/C13H18N2O2/c1-10-9-15(11-5-3-2-4-6-11)12(7-8-16)13(17)14-10/h2-6,10,12,16H,7-9H2,1H3,(H,14,17). The van der Waals surface area contributed by atoms with Crippen LogP contribution in [0.15, 0.2) is 30.3 Å². The highest BCUT2D eigenvalue weighted by Crippen LogP contribution is 2.21. The Balaban J connectivity index is 2.24. The van der Waals surface area contributed by atoms with Gasteiger partial charge in [-0.25, -0.2) is 0 Å². The topological polar surface area (TPSA) is 52.6 Å². The Morgan fingerprint density at radius 2 is 2.12 bits per heavy atom. The molecule has 0 radical (unpaired) electrons. The van der Waals surface area contributed by atoms with Crippen LogP contribution in [-0.2, 0) is 4.79 Å². The lowest BCUT2D eigenvalue weighted by molar-refractivity contribution is -0.124. The Morgan fingerprint density at radius 3 is 2.76 bits per heavy atom. The van der Waals surface area contributed by atoms with E-state index >= 15 is 0 Å². The molecule has 4 heteroatoms. The number of piperazine rings is 1. The maximum atomic E-state index is 11.9. The number of rotatable bonds is 3. The first kappa shape index (κ1) is 11.9. The number of benzene rings is 1. The molecular formula is C13H18N2O2. The van der Waals surface area contributed by atoms with Crippen LogP contribution < -0.4 is 10.2 Å². The summed E-state index contributed by atoms with van der Waals surface area (Å²) in [5.41, 5.74) is 1.03. The van der Waals surface area contributed by atoms with Crippen molar-refractivity contribution in [2.45, 2.75) is 25.4 Å². The fourth-order valence-electron chi connectivity index (χ4n) is 2.26. The Bertz CT molecular complexity index is 380. The fraction of sp³-hybridized carbons (Fsp3) is 0.462. The summed E-state index contributed by atoms with van der Waals surface area (Å²) in [6, 6.07) is 9.74. The summed E-state index contributed by atoms with van der Waals surface area (Å²) in [4.78, 5) is 14.0. The molecule has 1 amide bonds.